The van der Waals surface area contributed by atoms with E-state index in [0.717, 1.165) is 61.7 Å². The molecule has 3 aromatic heterocycles. The van der Waals surface area contributed by atoms with Crippen LogP contribution in [-0.2, 0) is 0 Å². The number of hydrogen-bond acceptors (Lipinski definition) is 2. The second kappa shape index (κ2) is 14.7. The highest BCUT2D eigenvalue weighted by molar-refractivity contribution is 6.11. The van der Waals surface area contributed by atoms with E-state index >= 15 is 0 Å². The summed E-state index contributed by atoms with van der Waals surface area (Å²) in [5, 5.41) is 4.94. The van der Waals surface area contributed by atoms with Crippen LogP contribution >= 0.6 is 0 Å². The van der Waals surface area contributed by atoms with Gasteiger partial charge in [-0.1, -0.05) is 188 Å². The van der Waals surface area contributed by atoms with Gasteiger partial charge in [0.1, 0.15) is 0 Å². The van der Waals surface area contributed by atoms with Crippen LogP contribution in [0.1, 0.15) is 0 Å². The minimum atomic E-state index is 0.701. The minimum absolute atomic E-state index is 0.701. The van der Waals surface area contributed by atoms with E-state index in [1.165, 1.54) is 43.6 Å². The van der Waals surface area contributed by atoms with E-state index in [2.05, 4.69) is 215 Å². The summed E-state index contributed by atoms with van der Waals surface area (Å²) in [4.78, 5) is 10.2. The summed E-state index contributed by atoms with van der Waals surface area (Å²) in [6.07, 6.45) is 0. The molecule has 4 nitrogen and oxygen atoms in total. The van der Waals surface area contributed by atoms with Gasteiger partial charge in [-0.3, -0.25) is 0 Å². The Balaban J connectivity index is 1.10. The maximum absolute atomic E-state index is 5.17. The largest absolute Gasteiger partial charge is 0.309 e. The highest BCUT2D eigenvalue weighted by atomic mass is 15.0. The van der Waals surface area contributed by atoms with Crippen molar-refractivity contribution in [2.45, 2.75) is 0 Å². The van der Waals surface area contributed by atoms with E-state index < -0.39 is 0 Å². The molecular weight excluding hydrogens is 753 g/mol. The number of para-hydroxylation sites is 5. The molecule has 0 unspecified atom stereocenters. The molecule has 0 N–H and O–H groups in total. The predicted molar refractivity (Wildman–Crippen MR) is 258 cm³/mol. The highest BCUT2D eigenvalue weighted by Gasteiger charge is 2.22. The lowest BCUT2D eigenvalue weighted by molar-refractivity contribution is 1.17. The Morgan fingerprint density at radius 2 is 0.661 bits per heavy atom. The zero-order chi connectivity index (χ0) is 41.0. The number of hydrogen-bond donors (Lipinski definition) is 0. The van der Waals surface area contributed by atoms with Crippen LogP contribution in [0.25, 0.3) is 111 Å². The molecule has 290 valence electrons. The fraction of sp³-hybridized carbons (Fsp3) is 0. The fourth-order valence-corrected chi connectivity index (χ4v) is 9.39. The molecule has 12 rings (SSSR count). The molecule has 3 heterocycles. The van der Waals surface area contributed by atoms with Crippen molar-refractivity contribution in [3.05, 3.63) is 231 Å². The van der Waals surface area contributed by atoms with Crippen molar-refractivity contribution in [2.24, 2.45) is 0 Å². The maximum Gasteiger partial charge on any atom is 0.160 e. The average Bonchev–Trinajstić information content (AvgIpc) is 3.87. The third-order valence-corrected chi connectivity index (χ3v) is 12.2. The molecule has 0 atom stereocenters. The zero-order valence-electron chi connectivity index (χ0n) is 33.7. The van der Waals surface area contributed by atoms with Crippen molar-refractivity contribution in [3.63, 3.8) is 0 Å². The molecule has 0 bridgehead atoms. The third kappa shape index (κ3) is 5.84. The first-order chi connectivity index (χ1) is 30.8. The Labute approximate surface area is 359 Å². The topological polar surface area (TPSA) is 35.6 Å². The average molecular weight is 791 g/mol. The first-order valence-corrected chi connectivity index (χ1v) is 21.1. The van der Waals surface area contributed by atoms with E-state index in [4.69, 9.17) is 9.97 Å². The lowest BCUT2D eigenvalue weighted by Gasteiger charge is -2.21. The Morgan fingerprint density at radius 1 is 0.274 bits per heavy atom. The van der Waals surface area contributed by atoms with Gasteiger partial charge in [-0.05, 0) is 53.6 Å². The molecule has 0 aliphatic rings. The van der Waals surface area contributed by atoms with Crippen molar-refractivity contribution < 1.29 is 0 Å². The molecule has 0 spiro atoms. The molecule has 0 aliphatic heterocycles. The first-order valence-electron chi connectivity index (χ1n) is 21.1. The van der Waals surface area contributed by atoms with Crippen LogP contribution in [0.4, 0.5) is 0 Å². The summed E-state index contributed by atoms with van der Waals surface area (Å²) < 4.78 is 4.88. The summed E-state index contributed by atoms with van der Waals surface area (Å²) in [6, 6.07) is 82.3. The van der Waals surface area contributed by atoms with Crippen molar-refractivity contribution in [1.82, 2.24) is 19.1 Å². The smallest absolute Gasteiger partial charge is 0.160 e. The minimum Gasteiger partial charge on any atom is -0.309 e. The van der Waals surface area contributed by atoms with Gasteiger partial charge < -0.3 is 9.13 Å². The summed E-state index contributed by atoms with van der Waals surface area (Å²) in [5.74, 6) is 0.701. The Bertz CT molecular complexity index is 3450. The van der Waals surface area contributed by atoms with Gasteiger partial charge in [-0.2, -0.15) is 0 Å². The maximum atomic E-state index is 5.17. The molecule has 0 saturated carbocycles. The van der Waals surface area contributed by atoms with E-state index in [0.29, 0.717) is 5.82 Å². The van der Waals surface area contributed by atoms with E-state index in [-0.39, 0.29) is 0 Å². The molecule has 0 fully saturated rings. The van der Waals surface area contributed by atoms with Crippen molar-refractivity contribution >= 4 is 43.6 Å². The standard InChI is InChI=1S/C58H38N4/c1-3-18-39(19-4-1)49-38-50(60-58(59-49)42-20-5-2-6-21-42)40-34-36-41(37-35-40)57-48(27-17-33-56(57)62-53-30-14-9-24-45(53)46-25-10-15-31-54(46)62)47-26-11-16-32-55(47)61-51-28-12-7-22-43(51)44-23-8-13-29-52(44)61/h1-38H. The van der Waals surface area contributed by atoms with Gasteiger partial charge in [0.25, 0.3) is 0 Å². The number of benzene rings is 9. The predicted octanol–water partition coefficient (Wildman–Crippen LogP) is 15.0. The number of nitrogens with zero attached hydrogens (tertiary/aromatic N) is 4. The quantitative estimate of drug-likeness (QED) is 0.161. The van der Waals surface area contributed by atoms with Crippen LogP contribution in [-0.4, -0.2) is 19.1 Å². The van der Waals surface area contributed by atoms with Gasteiger partial charge in [0, 0.05) is 49.4 Å². The van der Waals surface area contributed by atoms with E-state index in [9.17, 15) is 0 Å². The number of rotatable bonds is 7. The molecule has 0 aliphatic carbocycles. The summed E-state index contributed by atoms with van der Waals surface area (Å²) in [7, 11) is 0. The first kappa shape index (κ1) is 35.6. The van der Waals surface area contributed by atoms with E-state index in [1.807, 2.05) is 24.3 Å². The van der Waals surface area contributed by atoms with Gasteiger partial charge in [0.2, 0.25) is 0 Å². The summed E-state index contributed by atoms with van der Waals surface area (Å²) >= 11 is 0. The molecule has 62 heavy (non-hydrogen) atoms. The van der Waals surface area contributed by atoms with Crippen LogP contribution in [0.5, 0.6) is 0 Å². The fourth-order valence-electron chi connectivity index (χ4n) is 9.39. The third-order valence-electron chi connectivity index (χ3n) is 12.2. The number of fused-ring (bicyclic) bond motifs is 6. The lowest BCUT2D eigenvalue weighted by atomic mass is 9.91. The van der Waals surface area contributed by atoms with Gasteiger partial charge in [-0.15, -0.1) is 0 Å². The number of aromatic nitrogens is 4. The van der Waals surface area contributed by atoms with Gasteiger partial charge in [0.05, 0.1) is 44.8 Å². The SMILES string of the molecule is c1ccc(-c2cc(-c3ccc(-c4c(-c5ccccc5-n5c6ccccc6c6ccccc65)cccc4-n4c5ccccc5c5ccccc54)cc3)nc(-c3ccccc3)n2)cc1. The van der Waals surface area contributed by atoms with Crippen molar-refractivity contribution in [2.75, 3.05) is 0 Å². The zero-order valence-corrected chi connectivity index (χ0v) is 33.7. The Kier molecular flexibility index (Phi) is 8.46. The molecule has 4 heteroatoms. The molecule has 0 saturated heterocycles. The Hall–Kier alpha value is -8.34. The Morgan fingerprint density at radius 3 is 1.21 bits per heavy atom. The molecule has 12 aromatic rings. The lowest BCUT2D eigenvalue weighted by Crippen LogP contribution is -2.02. The van der Waals surface area contributed by atoms with Crippen LogP contribution in [0, 0.1) is 0 Å². The van der Waals surface area contributed by atoms with Gasteiger partial charge >= 0.3 is 0 Å². The summed E-state index contributed by atoms with van der Waals surface area (Å²) in [5.41, 5.74) is 16.3. The van der Waals surface area contributed by atoms with Crippen LogP contribution < -0.4 is 0 Å². The second-order valence-electron chi connectivity index (χ2n) is 15.7. The molecule has 0 amide bonds. The van der Waals surface area contributed by atoms with Crippen molar-refractivity contribution in [3.8, 4) is 67.5 Å². The van der Waals surface area contributed by atoms with Crippen LogP contribution in [0.3, 0.4) is 0 Å². The molecular formula is C58H38N4. The highest BCUT2D eigenvalue weighted by Crippen LogP contribution is 2.44. The van der Waals surface area contributed by atoms with E-state index in [1.54, 1.807) is 0 Å². The van der Waals surface area contributed by atoms with Crippen LogP contribution in [0.2, 0.25) is 0 Å². The normalized spacial score (nSPS) is 11.5. The van der Waals surface area contributed by atoms with Crippen molar-refractivity contribution in [1.29, 1.82) is 0 Å². The van der Waals surface area contributed by atoms with Crippen LogP contribution in [0.15, 0.2) is 231 Å². The monoisotopic (exact) mass is 790 g/mol. The van der Waals surface area contributed by atoms with Gasteiger partial charge in [0.15, 0.2) is 5.82 Å². The van der Waals surface area contributed by atoms with Gasteiger partial charge in [-0.25, -0.2) is 9.97 Å². The molecule has 9 aromatic carbocycles. The second-order valence-corrected chi connectivity index (χ2v) is 15.7. The molecule has 0 radical (unpaired) electrons. The summed E-state index contributed by atoms with van der Waals surface area (Å²) in [6.45, 7) is 0.